The Morgan fingerprint density at radius 1 is 1.06 bits per heavy atom. The van der Waals surface area contributed by atoms with Gasteiger partial charge in [0, 0.05) is 12.6 Å². The van der Waals surface area contributed by atoms with Gasteiger partial charge in [-0.15, -0.1) is 0 Å². The number of halogens is 3. The molecule has 1 aliphatic rings. The molecule has 0 radical (unpaired) electrons. The van der Waals surface area contributed by atoms with Crippen LogP contribution in [-0.2, 0) is 30.8 Å². The van der Waals surface area contributed by atoms with Crippen molar-refractivity contribution in [3.8, 4) is 0 Å². The molecular formula is C21H23F3N2O6S2. The zero-order valence-electron chi connectivity index (χ0n) is 17.8. The van der Waals surface area contributed by atoms with Crippen LogP contribution in [0.3, 0.4) is 0 Å². The van der Waals surface area contributed by atoms with E-state index < -0.39 is 47.4 Å². The summed E-state index contributed by atoms with van der Waals surface area (Å²) < 4.78 is 94.2. The number of carbonyl (C=O) groups is 1. The molecule has 186 valence electrons. The first-order chi connectivity index (χ1) is 15.8. The van der Waals surface area contributed by atoms with Crippen LogP contribution in [0.5, 0.6) is 0 Å². The highest BCUT2D eigenvalue weighted by Gasteiger charge is 2.38. The Labute approximate surface area is 195 Å². The molecule has 1 atom stereocenters. The molecule has 0 aliphatic carbocycles. The Balaban J connectivity index is 1.88. The lowest BCUT2D eigenvalue weighted by Crippen LogP contribution is -2.37. The summed E-state index contributed by atoms with van der Waals surface area (Å²) in [6.07, 6.45) is -3.49. The van der Waals surface area contributed by atoms with E-state index in [4.69, 9.17) is 5.11 Å². The highest BCUT2D eigenvalue weighted by Crippen LogP contribution is 2.36. The normalized spacial score (nSPS) is 17.7. The molecule has 8 nitrogen and oxygen atoms in total. The molecule has 3 rings (SSSR count). The van der Waals surface area contributed by atoms with Gasteiger partial charge in [-0.05, 0) is 56.1 Å². The van der Waals surface area contributed by atoms with Crippen LogP contribution in [0.15, 0.2) is 63.2 Å². The molecule has 2 N–H and O–H groups in total. The van der Waals surface area contributed by atoms with Crippen LogP contribution in [0.1, 0.15) is 24.8 Å². The van der Waals surface area contributed by atoms with E-state index in [-0.39, 0.29) is 30.4 Å². The van der Waals surface area contributed by atoms with E-state index in [0.717, 1.165) is 12.5 Å². The summed E-state index contributed by atoms with van der Waals surface area (Å²) in [5.74, 6) is -1.03. The van der Waals surface area contributed by atoms with E-state index in [2.05, 4.69) is 4.72 Å². The summed E-state index contributed by atoms with van der Waals surface area (Å²) in [5.41, 5.74) is -1.49. The molecule has 0 spiro atoms. The van der Waals surface area contributed by atoms with Gasteiger partial charge in [-0.25, -0.2) is 21.6 Å². The van der Waals surface area contributed by atoms with E-state index in [1.54, 1.807) is 11.0 Å². The molecule has 1 heterocycles. The van der Waals surface area contributed by atoms with Crippen LogP contribution in [0.2, 0.25) is 0 Å². The second-order valence-electron chi connectivity index (χ2n) is 7.82. The standard InChI is InChI=1S/C21H23F3N2O6S2/c22-21(23,24)18-9-8-17(33(29,30)16-6-2-1-3-7-16)13-19(18)34(31,32)25-11-10-15-5-4-12-26(15)14-20(27)28/h1-3,6-9,13,15,25H,4-5,10-12,14H2,(H,27,28). The van der Waals surface area contributed by atoms with Crippen molar-refractivity contribution in [1.82, 2.24) is 9.62 Å². The van der Waals surface area contributed by atoms with E-state index in [1.165, 1.54) is 24.3 Å². The average molecular weight is 521 g/mol. The number of carboxylic acid groups (broad SMARTS) is 1. The Bertz CT molecular complexity index is 1250. The van der Waals surface area contributed by atoms with Crippen LogP contribution in [0.25, 0.3) is 0 Å². The molecule has 1 aliphatic heterocycles. The summed E-state index contributed by atoms with van der Waals surface area (Å²) >= 11 is 0. The lowest BCUT2D eigenvalue weighted by molar-refractivity contribution is -0.140. The molecule has 34 heavy (non-hydrogen) atoms. The average Bonchev–Trinajstić information content (AvgIpc) is 3.19. The summed E-state index contributed by atoms with van der Waals surface area (Å²) in [7, 11) is -9.00. The number of carboxylic acids is 1. The van der Waals surface area contributed by atoms with Gasteiger partial charge in [0.25, 0.3) is 0 Å². The van der Waals surface area contributed by atoms with Gasteiger partial charge in [0.1, 0.15) is 0 Å². The lowest BCUT2D eigenvalue weighted by Gasteiger charge is -2.22. The summed E-state index contributed by atoms with van der Waals surface area (Å²) in [6.45, 7) is 0.0758. The first kappa shape index (κ1) is 26.1. The monoisotopic (exact) mass is 520 g/mol. The topological polar surface area (TPSA) is 121 Å². The van der Waals surface area contributed by atoms with Crippen LogP contribution in [0, 0.1) is 0 Å². The van der Waals surface area contributed by atoms with Gasteiger partial charge in [-0.1, -0.05) is 18.2 Å². The molecule has 2 aromatic rings. The van der Waals surface area contributed by atoms with Crippen molar-refractivity contribution in [2.24, 2.45) is 0 Å². The van der Waals surface area contributed by atoms with Crippen molar-refractivity contribution in [3.63, 3.8) is 0 Å². The van der Waals surface area contributed by atoms with Gasteiger partial charge in [0.2, 0.25) is 19.9 Å². The van der Waals surface area contributed by atoms with Crippen LogP contribution in [-0.4, -0.2) is 58.5 Å². The first-order valence-electron chi connectivity index (χ1n) is 10.3. The highest BCUT2D eigenvalue weighted by molar-refractivity contribution is 7.91. The second-order valence-corrected chi connectivity index (χ2v) is 11.5. The Morgan fingerprint density at radius 3 is 2.35 bits per heavy atom. The Kier molecular flexibility index (Phi) is 7.70. The number of hydrogen-bond acceptors (Lipinski definition) is 6. The van der Waals surface area contributed by atoms with Crippen molar-refractivity contribution in [2.75, 3.05) is 19.6 Å². The fraction of sp³-hybridized carbons (Fsp3) is 0.381. The molecule has 1 fully saturated rings. The maximum absolute atomic E-state index is 13.6. The maximum Gasteiger partial charge on any atom is 0.417 e. The predicted molar refractivity (Wildman–Crippen MR) is 115 cm³/mol. The molecule has 13 heteroatoms. The molecule has 0 aromatic heterocycles. The number of rotatable bonds is 9. The second kappa shape index (κ2) is 10.0. The Morgan fingerprint density at radius 2 is 1.74 bits per heavy atom. The van der Waals surface area contributed by atoms with Gasteiger partial charge >= 0.3 is 12.1 Å². The minimum atomic E-state index is -5.04. The van der Waals surface area contributed by atoms with E-state index >= 15 is 0 Å². The predicted octanol–water partition coefficient (Wildman–Crippen LogP) is 2.76. The van der Waals surface area contributed by atoms with Gasteiger partial charge in [-0.2, -0.15) is 13.2 Å². The van der Waals surface area contributed by atoms with Crippen LogP contribution < -0.4 is 4.72 Å². The smallest absolute Gasteiger partial charge is 0.417 e. The minimum absolute atomic E-state index is 0.189. The fourth-order valence-electron chi connectivity index (χ4n) is 3.90. The first-order valence-corrected chi connectivity index (χ1v) is 13.3. The largest absolute Gasteiger partial charge is 0.480 e. The summed E-state index contributed by atoms with van der Waals surface area (Å²) in [6, 6.07) is 8.40. The van der Waals surface area contributed by atoms with Gasteiger partial charge in [-0.3, -0.25) is 9.69 Å². The van der Waals surface area contributed by atoms with Crippen molar-refractivity contribution in [1.29, 1.82) is 0 Å². The molecule has 0 bridgehead atoms. The highest BCUT2D eigenvalue weighted by atomic mass is 32.2. The van der Waals surface area contributed by atoms with E-state index in [9.17, 15) is 34.8 Å². The van der Waals surface area contributed by atoms with Crippen molar-refractivity contribution >= 4 is 25.8 Å². The molecule has 1 unspecified atom stereocenters. The fourth-order valence-corrected chi connectivity index (χ4v) is 6.58. The van der Waals surface area contributed by atoms with Gasteiger partial charge in [0.15, 0.2) is 0 Å². The molecule has 1 saturated heterocycles. The Hall–Kier alpha value is -2.48. The maximum atomic E-state index is 13.6. The molecular weight excluding hydrogens is 497 g/mol. The minimum Gasteiger partial charge on any atom is -0.480 e. The number of sulfonamides is 1. The number of nitrogens with zero attached hydrogens (tertiary/aromatic N) is 1. The van der Waals surface area contributed by atoms with Crippen LogP contribution >= 0.6 is 0 Å². The number of aliphatic carboxylic acids is 1. The number of benzene rings is 2. The number of nitrogens with one attached hydrogen (secondary N) is 1. The summed E-state index contributed by atoms with van der Waals surface area (Å²) in [5, 5.41) is 8.97. The third-order valence-electron chi connectivity index (χ3n) is 5.52. The number of sulfone groups is 1. The quantitative estimate of drug-likeness (QED) is 0.522. The molecule has 2 aromatic carbocycles. The number of alkyl halides is 3. The van der Waals surface area contributed by atoms with Gasteiger partial charge < -0.3 is 5.11 Å². The zero-order chi connectivity index (χ0) is 25.1. The lowest BCUT2D eigenvalue weighted by atomic mass is 10.1. The molecule has 0 amide bonds. The van der Waals surface area contributed by atoms with Crippen molar-refractivity contribution < 1.29 is 39.9 Å². The van der Waals surface area contributed by atoms with Crippen molar-refractivity contribution in [2.45, 2.75) is 46.2 Å². The zero-order valence-corrected chi connectivity index (χ0v) is 19.5. The van der Waals surface area contributed by atoms with E-state index in [1.807, 2.05) is 0 Å². The third kappa shape index (κ3) is 5.95. The third-order valence-corrected chi connectivity index (χ3v) is 8.79. The van der Waals surface area contributed by atoms with E-state index in [0.29, 0.717) is 25.1 Å². The van der Waals surface area contributed by atoms with Gasteiger partial charge in [0.05, 0.1) is 26.8 Å². The number of likely N-dealkylation sites (tertiary alicyclic amines) is 1. The number of hydrogen-bond donors (Lipinski definition) is 2. The molecule has 0 saturated carbocycles. The SMILES string of the molecule is O=C(O)CN1CCCC1CCNS(=O)(=O)c1cc(S(=O)(=O)c2ccccc2)ccc1C(F)(F)F. The van der Waals surface area contributed by atoms with Crippen LogP contribution in [0.4, 0.5) is 13.2 Å². The summed E-state index contributed by atoms with van der Waals surface area (Å²) in [4.78, 5) is 10.7. The van der Waals surface area contributed by atoms with Crippen molar-refractivity contribution in [3.05, 3.63) is 54.1 Å².